The molecule has 1 fully saturated rings. The molecule has 1 N–H and O–H groups in total. The molecule has 2 aromatic rings. The van der Waals surface area contributed by atoms with Crippen LogP contribution in [-0.4, -0.2) is 55.4 Å². The van der Waals surface area contributed by atoms with Gasteiger partial charge in [0.25, 0.3) is 5.91 Å². The van der Waals surface area contributed by atoms with E-state index in [4.69, 9.17) is 4.74 Å². The van der Waals surface area contributed by atoms with Crippen LogP contribution in [0.25, 0.3) is 0 Å². The highest BCUT2D eigenvalue weighted by molar-refractivity contribution is 7.90. The van der Waals surface area contributed by atoms with Crippen LogP contribution in [-0.2, 0) is 14.6 Å². The van der Waals surface area contributed by atoms with E-state index in [1.54, 1.807) is 4.90 Å². The number of H-pyrrole nitrogens is 1. The smallest absolute Gasteiger partial charge is 0.264 e. The molecule has 3 rings (SSSR count). The lowest BCUT2D eigenvalue weighted by Gasteiger charge is -2.35. The molecular formula is C14H17N3O4S2. The first kappa shape index (κ1) is 16.2. The number of carbonyl (C=O) groups excluding carboxylic acids is 1. The van der Waals surface area contributed by atoms with Gasteiger partial charge in [0.1, 0.15) is 4.90 Å². The number of thiophene rings is 1. The van der Waals surface area contributed by atoms with Gasteiger partial charge in [0.2, 0.25) is 0 Å². The van der Waals surface area contributed by atoms with Crippen molar-refractivity contribution in [1.82, 2.24) is 15.1 Å². The molecular weight excluding hydrogens is 338 g/mol. The lowest BCUT2D eigenvalue weighted by molar-refractivity contribution is -0.00442. The molecule has 1 amide bonds. The summed E-state index contributed by atoms with van der Waals surface area (Å²) in [4.78, 5) is 15.2. The lowest BCUT2D eigenvalue weighted by atomic mass is 10.1. The standard InChI is InChI=1S/C14H17N3O4S2/c1-9-5-11(22-8-9)14(18)17-3-4-21-7-10(17)13-12(6-15-16-13)23(2,19)20/h5-6,8,10H,3-4,7H2,1-2H3,(H,15,16)/t10-/m1/s1. The maximum absolute atomic E-state index is 12.8. The molecule has 0 aliphatic carbocycles. The van der Waals surface area contributed by atoms with Crippen molar-refractivity contribution in [2.75, 3.05) is 26.0 Å². The zero-order valence-electron chi connectivity index (χ0n) is 12.8. The number of aromatic nitrogens is 2. The molecule has 1 saturated heterocycles. The Hall–Kier alpha value is -1.71. The molecule has 0 aromatic carbocycles. The number of aromatic amines is 1. The Bertz CT molecular complexity index is 825. The fraction of sp³-hybridized carbons (Fsp3) is 0.429. The Morgan fingerprint density at radius 2 is 2.30 bits per heavy atom. The Morgan fingerprint density at radius 1 is 1.52 bits per heavy atom. The highest BCUT2D eigenvalue weighted by Crippen LogP contribution is 2.30. The summed E-state index contributed by atoms with van der Waals surface area (Å²) in [6.45, 7) is 3.00. The number of morpholine rings is 1. The van der Waals surface area contributed by atoms with Crippen LogP contribution >= 0.6 is 11.3 Å². The minimum Gasteiger partial charge on any atom is -0.377 e. The van der Waals surface area contributed by atoms with Crippen LogP contribution in [0.5, 0.6) is 0 Å². The molecule has 0 bridgehead atoms. The molecule has 124 valence electrons. The molecule has 23 heavy (non-hydrogen) atoms. The van der Waals surface area contributed by atoms with E-state index in [0.29, 0.717) is 23.7 Å². The monoisotopic (exact) mass is 355 g/mol. The van der Waals surface area contributed by atoms with E-state index in [2.05, 4.69) is 10.2 Å². The third-order valence-electron chi connectivity index (χ3n) is 3.70. The molecule has 1 aliphatic heterocycles. The fourth-order valence-corrected chi connectivity index (χ4v) is 4.27. The third kappa shape index (κ3) is 3.17. The Labute approximate surface area is 138 Å². The summed E-state index contributed by atoms with van der Waals surface area (Å²) in [5.74, 6) is -0.120. The zero-order chi connectivity index (χ0) is 16.6. The number of nitrogens with zero attached hydrogens (tertiary/aromatic N) is 2. The van der Waals surface area contributed by atoms with Gasteiger partial charge in [-0.3, -0.25) is 9.89 Å². The number of hydrogen-bond donors (Lipinski definition) is 1. The maximum Gasteiger partial charge on any atom is 0.264 e. The number of rotatable bonds is 3. The number of carbonyl (C=O) groups is 1. The van der Waals surface area contributed by atoms with Crippen molar-refractivity contribution >= 4 is 27.1 Å². The first-order chi connectivity index (χ1) is 10.9. The van der Waals surface area contributed by atoms with Gasteiger partial charge in [-0.2, -0.15) is 5.10 Å². The normalized spacial score (nSPS) is 19.0. The molecule has 0 saturated carbocycles. The first-order valence-corrected chi connectivity index (χ1v) is 9.82. The van der Waals surface area contributed by atoms with E-state index in [1.165, 1.54) is 17.5 Å². The summed E-state index contributed by atoms with van der Waals surface area (Å²) in [6, 6.07) is 1.34. The molecule has 2 aromatic heterocycles. The van der Waals surface area contributed by atoms with Gasteiger partial charge in [-0.15, -0.1) is 11.3 Å². The van der Waals surface area contributed by atoms with Crippen molar-refractivity contribution < 1.29 is 17.9 Å². The van der Waals surface area contributed by atoms with Crippen molar-refractivity contribution in [3.63, 3.8) is 0 Å². The van der Waals surface area contributed by atoms with Gasteiger partial charge in [0, 0.05) is 12.8 Å². The van der Waals surface area contributed by atoms with Crippen LogP contribution < -0.4 is 0 Å². The average Bonchev–Trinajstić information content (AvgIpc) is 3.14. The van der Waals surface area contributed by atoms with E-state index in [9.17, 15) is 13.2 Å². The summed E-state index contributed by atoms with van der Waals surface area (Å²) < 4.78 is 29.3. The molecule has 3 heterocycles. The quantitative estimate of drug-likeness (QED) is 0.898. The predicted octanol–water partition coefficient (Wildman–Crippen LogP) is 1.40. The summed E-state index contributed by atoms with van der Waals surface area (Å²) in [5.41, 5.74) is 1.43. The van der Waals surface area contributed by atoms with Crippen LogP contribution in [0.3, 0.4) is 0 Å². The molecule has 1 aliphatic rings. The van der Waals surface area contributed by atoms with E-state index in [1.807, 2.05) is 18.4 Å². The van der Waals surface area contributed by atoms with Gasteiger partial charge in [-0.05, 0) is 23.9 Å². The van der Waals surface area contributed by atoms with Crippen LogP contribution in [0, 0.1) is 6.92 Å². The summed E-state index contributed by atoms with van der Waals surface area (Å²) in [5, 5.41) is 8.48. The van der Waals surface area contributed by atoms with E-state index in [0.717, 1.165) is 11.8 Å². The van der Waals surface area contributed by atoms with Crippen LogP contribution in [0.15, 0.2) is 22.5 Å². The van der Waals surface area contributed by atoms with Crippen LogP contribution in [0.4, 0.5) is 0 Å². The van der Waals surface area contributed by atoms with Crippen molar-refractivity contribution in [2.24, 2.45) is 0 Å². The molecule has 0 radical (unpaired) electrons. The number of ether oxygens (including phenoxy) is 1. The van der Waals surface area contributed by atoms with Crippen molar-refractivity contribution in [3.05, 3.63) is 33.8 Å². The largest absolute Gasteiger partial charge is 0.377 e. The van der Waals surface area contributed by atoms with Crippen LogP contribution in [0.2, 0.25) is 0 Å². The van der Waals surface area contributed by atoms with Gasteiger partial charge in [0.05, 0.1) is 36.0 Å². The highest BCUT2D eigenvalue weighted by Gasteiger charge is 2.34. The van der Waals surface area contributed by atoms with Gasteiger partial charge in [-0.25, -0.2) is 8.42 Å². The van der Waals surface area contributed by atoms with Crippen molar-refractivity contribution in [2.45, 2.75) is 17.9 Å². The van der Waals surface area contributed by atoms with Gasteiger partial charge in [-0.1, -0.05) is 0 Å². The Morgan fingerprint density at radius 3 is 2.96 bits per heavy atom. The SMILES string of the molecule is Cc1csc(C(=O)N2CCOC[C@@H]2c2[nH]ncc2S(C)(=O)=O)c1. The zero-order valence-corrected chi connectivity index (χ0v) is 14.4. The summed E-state index contributed by atoms with van der Waals surface area (Å²) in [7, 11) is -3.43. The van der Waals surface area contributed by atoms with E-state index in [-0.39, 0.29) is 17.4 Å². The second-order valence-corrected chi connectivity index (χ2v) is 8.39. The highest BCUT2D eigenvalue weighted by atomic mass is 32.2. The molecule has 7 nitrogen and oxygen atoms in total. The predicted molar refractivity (Wildman–Crippen MR) is 85.4 cm³/mol. The number of amides is 1. The van der Waals surface area contributed by atoms with Gasteiger partial charge in [0.15, 0.2) is 9.84 Å². The Kier molecular flexibility index (Phi) is 4.26. The first-order valence-electron chi connectivity index (χ1n) is 7.05. The number of aryl methyl sites for hydroxylation is 1. The van der Waals surface area contributed by atoms with Crippen molar-refractivity contribution in [1.29, 1.82) is 0 Å². The van der Waals surface area contributed by atoms with E-state index < -0.39 is 15.9 Å². The lowest BCUT2D eigenvalue weighted by Crippen LogP contribution is -2.43. The fourth-order valence-electron chi connectivity index (χ4n) is 2.59. The van der Waals surface area contributed by atoms with Crippen LogP contribution in [0.1, 0.15) is 27.0 Å². The molecule has 9 heteroatoms. The van der Waals surface area contributed by atoms with Gasteiger partial charge >= 0.3 is 0 Å². The summed E-state index contributed by atoms with van der Waals surface area (Å²) in [6.07, 6.45) is 2.40. The van der Waals surface area contributed by atoms with E-state index >= 15 is 0 Å². The number of sulfone groups is 1. The topological polar surface area (TPSA) is 92.4 Å². The minimum atomic E-state index is -3.43. The Balaban J connectivity index is 1.97. The molecule has 1 atom stereocenters. The number of hydrogen-bond acceptors (Lipinski definition) is 6. The third-order valence-corrected chi connectivity index (χ3v) is 5.86. The molecule has 0 spiro atoms. The minimum absolute atomic E-state index is 0.105. The summed E-state index contributed by atoms with van der Waals surface area (Å²) >= 11 is 1.38. The number of nitrogens with one attached hydrogen (secondary N) is 1. The second kappa shape index (κ2) is 6.06. The van der Waals surface area contributed by atoms with Crippen molar-refractivity contribution in [3.8, 4) is 0 Å². The maximum atomic E-state index is 12.8. The van der Waals surface area contributed by atoms with Gasteiger partial charge < -0.3 is 9.64 Å². The molecule has 0 unspecified atom stereocenters. The second-order valence-electron chi connectivity index (χ2n) is 5.50. The average molecular weight is 355 g/mol.